The highest BCUT2D eigenvalue weighted by Crippen LogP contribution is 2.24. The van der Waals surface area contributed by atoms with Crippen LogP contribution in [0.2, 0.25) is 5.02 Å². The van der Waals surface area contributed by atoms with Crippen LogP contribution in [0.1, 0.15) is 16.1 Å². The summed E-state index contributed by atoms with van der Waals surface area (Å²) >= 11 is 6.07. The van der Waals surface area contributed by atoms with Gasteiger partial charge in [0.15, 0.2) is 0 Å². The fourth-order valence-corrected chi connectivity index (χ4v) is 2.68. The van der Waals surface area contributed by atoms with Crippen molar-refractivity contribution < 1.29 is 4.79 Å². The summed E-state index contributed by atoms with van der Waals surface area (Å²) in [5.41, 5.74) is 8.40. The lowest BCUT2D eigenvalue weighted by Crippen LogP contribution is -2.29. The van der Waals surface area contributed by atoms with E-state index in [9.17, 15) is 4.79 Å². The Morgan fingerprint density at radius 1 is 1.17 bits per heavy atom. The molecule has 0 radical (unpaired) electrons. The minimum Gasteiger partial charge on any atom is -0.398 e. The molecule has 24 heavy (non-hydrogen) atoms. The Bertz CT molecular complexity index is 904. The molecule has 3 rings (SSSR count). The van der Waals surface area contributed by atoms with Gasteiger partial charge in [-0.2, -0.15) is 5.10 Å². The third kappa shape index (κ3) is 2.98. The van der Waals surface area contributed by atoms with Gasteiger partial charge >= 0.3 is 0 Å². The van der Waals surface area contributed by atoms with Gasteiger partial charge in [0.2, 0.25) is 0 Å². The average Bonchev–Trinajstić information content (AvgIpc) is 2.96. The van der Waals surface area contributed by atoms with Crippen LogP contribution in [0.5, 0.6) is 0 Å². The number of aromatic nitrogens is 2. The lowest BCUT2D eigenvalue weighted by Gasteiger charge is -2.19. The summed E-state index contributed by atoms with van der Waals surface area (Å²) in [6.07, 6.45) is 0. The molecule has 3 aromatic rings. The zero-order chi connectivity index (χ0) is 17.3. The van der Waals surface area contributed by atoms with Crippen LogP contribution in [-0.2, 0) is 0 Å². The van der Waals surface area contributed by atoms with Gasteiger partial charge in [-0.3, -0.25) is 9.69 Å². The van der Waals surface area contributed by atoms with Crippen molar-refractivity contribution in [2.24, 2.45) is 0 Å². The topological polar surface area (TPSA) is 64.2 Å². The Kier molecular flexibility index (Phi) is 4.27. The van der Waals surface area contributed by atoms with Gasteiger partial charge in [0, 0.05) is 23.8 Å². The van der Waals surface area contributed by atoms with Crippen LogP contribution in [0, 0.1) is 6.92 Å². The third-order valence-corrected chi connectivity index (χ3v) is 3.94. The van der Waals surface area contributed by atoms with Crippen LogP contribution in [-0.4, -0.2) is 22.7 Å². The predicted molar refractivity (Wildman–Crippen MR) is 96.9 cm³/mol. The molecule has 1 amide bonds. The van der Waals surface area contributed by atoms with E-state index in [1.54, 1.807) is 48.1 Å². The second kappa shape index (κ2) is 6.37. The number of hydrogen-bond donors (Lipinski definition) is 1. The van der Waals surface area contributed by atoms with E-state index in [2.05, 4.69) is 5.10 Å². The van der Waals surface area contributed by atoms with E-state index >= 15 is 0 Å². The van der Waals surface area contributed by atoms with Crippen molar-refractivity contribution in [3.05, 3.63) is 70.9 Å². The van der Waals surface area contributed by atoms with Gasteiger partial charge in [-0.25, -0.2) is 4.68 Å². The largest absolute Gasteiger partial charge is 0.398 e. The number of carbonyl (C=O) groups excluding carboxylic acids is 1. The molecule has 0 spiro atoms. The van der Waals surface area contributed by atoms with Crippen molar-refractivity contribution in [3.63, 3.8) is 0 Å². The highest BCUT2D eigenvalue weighted by atomic mass is 35.5. The fraction of sp³-hybridized carbons (Fsp3) is 0.111. The first kappa shape index (κ1) is 16.1. The number of amides is 1. The second-order valence-electron chi connectivity index (χ2n) is 5.49. The molecule has 0 bridgehead atoms. The zero-order valence-electron chi connectivity index (χ0n) is 13.4. The van der Waals surface area contributed by atoms with Gasteiger partial charge in [0.25, 0.3) is 5.91 Å². The van der Waals surface area contributed by atoms with Gasteiger partial charge in [-0.15, -0.1) is 0 Å². The summed E-state index contributed by atoms with van der Waals surface area (Å²) < 4.78 is 1.69. The summed E-state index contributed by atoms with van der Waals surface area (Å²) in [5.74, 6) is 0.444. The number of aryl methyl sites for hydroxylation is 1. The maximum absolute atomic E-state index is 12.8. The summed E-state index contributed by atoms with van der Waals surface area (Å²) in [7, 11) is 1.70. The van der Waals surface area contributed by atoms with Gasteiger partial charge in [-0.05, 0) is 37.3 Å². The first-order valence-electron chi connectivity index (χ1n) is 7.42. The molecule has 0 fully saturated rings. The summed E-state index contributed by atoms with van der Waals surface area (Å²) in [4.78, 5) is 14.3. The smallest absolute Gasteiger partial charge is 0.261 e. The van der Waals surface area contributed by atoms with Crippen molar-refractivity contribution >= 4 is 29.0 Å². The van der Waals surface area contributed by atoms with E-state index in [1.807, 2.05) is 25.1 Å². The minimum atomic E-state index is -0.198. The average molecular weight is 341 g/mol. The van der Waals surface area contributed by atoms with E-state index in [-0.39, 0.29) is 5.91 Å². The van der Waals surface area contributed by atoms with Crippen molar-refractivity contribution in [2.75, 3.05) is 17.7 Å². The summed E-state index contributed by atoms with van der Waals surface area (Å²) in [5, 5.41) is 5.08. The van der Waals surface area contributed by atoms with Crippen LogP contribution in [0.4, 0.5) is 11.5 Å². The monoisotopic (exact) mass is 340 g/mol. The molecule has 1 heterocycles. The zero-order valence-corrected chi connectivity index (χ0v) is 14.2. The van der Waals surface area contributed by atoms with Gasteiger partial charge in [0.05, 0.1) is 16.9 Å². The third-order valence-electron chi connectivity index (χ3n) is 3.70. The molecule has 0 aliphatic rings. The molecule has 6 heteroatoms. The normalized spacial score (nSPS) is 10.6. The first-order valence-corrected chi connectivity index (χ1v) is 7.80. The Labute approximate surface area is 145 Å². The quantitative estimate of drug-likeness (QED) is 0.739. The maximum Gasteiger partial charge on any atom is 0.261 e. The number of para-hydroxylation sites is 1. The molecule has 0 aliphatic carbocycles. The number of carbonyl (C=O) groups is 1. The Hall–Kier alpha value is -2.79. The molecule has 1 aromatic heterocycles. The molecule has 0 atom stereocenters. The first-order chi connectivity index (χ1) is 11.5. The molecular weight excluding hydrogens is 324 g/mol. The van der Waals surface area contributed by atoms with Crippen molar-refractivity contribution in [2.45, 2.75) is 6.92 Å². The van der Waals surface area contributed by atoms with E-state index < -0.39 is 0 Å². The highest BCUT2D eigenvalue weighted by molar-refractivity contribution is 6.30. The van der Waals surface area contributed by atoms with Crippen LogP contribution < -0.4 is 10.6 Å². The number of anilines is 2. The van der Waals surface area contributed by atoms with E-state index in [0.717, 1.165) is 11.4 Å². The summed E-state index contributed by atoms with van der Waals surface area (Å²) in [6, 6.07) is 16.2. The standard InChI is InChI=1S/C18H17ClN4O/c1-12-10-17(23(21-12)14-7-5-6-13(19)11-14)22(2)18(24)15-8-3-4-9-16(15)20/h3-11H,20H2,1-2H3. The van der Waals surface area contributed by atoms with Gasteiger partial charge in [0.1, 0.15) is 5.82 Å². The summed E-state index contributed by atoms with van der Waals surface area (Å²) in [6.45, 7) is 1.87. The van der Waals surface area contributed by atoms with Crippen LogP contribution >= 0.6 is 11.6 Å². The maximum atomic E-state index is 12.8. The van der Waals surface area contributed by atoms with Crippen LogP contribution in [0.3, 0.4) is 0 Å². The lowest BCUT2D eigenvalue weighted by atomic mass is 10.1. The number of hydrogen-bond acceptors (Lipinski definition) is 3. The second-order valence-corrected chi connectivity index (χ2v) is 5.92. The number of benzene rings is 2. The van der Waals surface area contributed by atoms with Crippen LogP contribution in [0.25, 0.3) is 5.69 Å². The molecule has 0 aliphatic heterocycles. The minimum absolute atomic E-state index is 0.198. The number of halogens is 1. The number of nitrogen functional groups attached to an aromatic ring is 1. The molecule has 0 unspecified atom stereocenters. The van der Waals surface area contributed by atoms with E-state index in [1.165, 1.54) is 4.90 Å². The van der Waals surface area contributed by atoms with Crippen molar-refractivity contribution in [1.82, 2.24) is 9.78 Å². The van der Waals surface area contributed by atoms with Gasteiger partial charge < -0.3 is 5.73 Å². The Balaban J connectivity index is 2.04. The van der Waals surface area contributed by atoms with Crippen LogP contribution in [0.15, 0.2) is 54.6 Å². The lowest BCUT2D eigenvalue weighted by molar-refractivity contribution is 0.0992. The molecule has 2 aromatic carbocycles. The van der Waals surface area contributed by atoms with Crippen molar-refractivity contribution in [1.29, 1.82) is 0 Å². The number of nitrogens with two attached hydrogens (primary N) is 1. The Morgan fingerprint density at radius 2 is 1.92 bits per heavy atom. The molecular formula is C18H17ClN4O. The predicted octanol–water partition coefficient (Wildman–Crippen LogP) is 3.69. The molecule has 2 N–H and O–H groups in total. The van der Waals surface area contributed by atoms with E-state index in [4.69, 9.17) is 17.3 Å². The molecule has 5 nitrogen and oxygen atoms in total. The molecule has 0 saturated carbocycles. The molecule has 0 saturated heterocycles. The van der Waals surface area contributed by atoms with E-state index in [0.29, 0.717) is 22.1 Å². The SMILES string of the molecule is Cc1cc(N(C)C(=O)c2ccccc2N)n(-c2cccc(Cl)c2)n1. The van der Waals surface area contributed by atoms with Crippen molar-refractivity contribution in [3.8, 4) is 5.69 Å². The fourth-order valence-electron chi connectivity index (χ4n) is 2.50. The number of rotatable bonds is 3. The number of nitrogens with zero attached hydrogens (tertiary/aromatic N) is 3. The van der Waals surface area contributed by atoms with Gasteiger partial charge in [-0.1, -0.05) is 29.8 Å². The molecule has 122 valence electrons. The Morgan fingerprint density at radius 3 is 2.62 bits per heavy atom. The highest BCUT2D eigenvalue weighted by Gasteiger charge is 2.20.